The highest BCUT2D eigenvalue weighted by Gasteiger charge is 1.73. The van der Waals surface area contributed by atoms with E-state index >= 15 is 0 Å². The molecule has 41 heavy (non-hydrogen) atoms. The number of aromatic nitrogens is 9. The van der Waals surface area contributed by atoms with Crippen molar-refractivity contribution in [3.63, 3.8) is 0 Å². The van der Waals surface area contributed by atoms with E-state index in [-0.39, 0.29) is 7.43 Å². The Morgan fingerprint density at radius 3 is 1.32 bits per heavy atom. The highest BCUT2D eigenvalue weighted by atomic mass is 16.3. The van der Waals surface area contributed by atoms with Crippen molar-refractivity contribution >= 4 is 6.21 Å². The smallest absolute Gasteiger partial charge is 0.180 e. The second-order valence-corrected chi connectivity index (χ2v) is 6.27. The number of H-pyrrole nitrogens is 4. The number of aliphatic imine (C=N–C) groups is 1. The lowest BCUT2D eigenvalue weighted by molar-refractivity contribution is 0.557. The maximum atomic E-state index is 4.58. The van der Waals surface area contributed by atoms with Crippen LogP contribution in [0, 0.1) is 0 Å². The van der Waals surface area contributed by atoms with Gasteiger partial charge in [-0.05, 0) is 30.3 Å². The molecule has 8 rings (SSSR count). The zero-order valence-corrected chi connectivity index (χ0v) is 21.6. The molecule has 0 saturated heterocycles. The first-order valence-corrected chi connectivity index (χ1v) is 11.6. The normalized spacial score (nSPS) is 8.98. The summed E-state index contributed by atoms with van der Waals surface area (Å²) < 4.78 is 13.5. The van der Waals surface area contributed by atoms with Crippen molar-refractivity contribution < 1.29 is 13.3 Å². The van der Waals surface area contributed by atoms with Crippen LogP contribution in [0.2, 0.25) is 0 Å². The van der Waals surface area contributed by atoms with E-state index in [4.69, 9.17) is 0 Å². The summed E-state index contributed by atoms with van der Waals surface area (Å²) in [5.41, 5.74) is 0. The largest absolute Gasteiger partial charge is 0.473 e. The van der Waals surface area contributed by atoms with E-state index < -0.39 is 0 Å². The van der Waals surface area contributed by atoms with Gasteiger partial charge in [0.1, 0.15) is 12.5 Å². The van der Waals surface area contributed by atoms with E-state index in [0.717, 1.165) is 6.42 Å². The SMILES string of the molecule is C.C1=CN=CC1.c1c[nH]cn1.c1c[nH]cn1.c1cc[nH]c1.c1ccoc1.c1cn[nH]c1.c1cocn1.c1cocn1. The molecule has 0 fully saturated rings. The molecule has 0 amide bonds. The maximum absolute atomic E-state index is 4.58. The van der Waals surface area contributed by atoms with Crippen molar-refractivity contribution in [3.8, 4) is 0 Å². The first-order valence-electron chi connectivity index (χ1n) is 11.6. The third-order valence-corrected chi connectivity index (χ3v) is 3.37. The quantitative estimate of drug-likeness (QED) is 0.162. The van der Waals surface area contributed by atoms with Crippen LogP contribution in [-0.2, 0) is 0 Å². The average Bonchev–Trinajstić information content (AvgIpc) is 3.95. The van der Waals surface area contributed by atoms with Crippen LogP contribution in [0.25, 0.3) is 0 Å². The van der Waals surface area contributed by atoms with Gasteiger partial charge >= 0.3 is 0 Å². The Labute approximate surface area is 238 Å². The van der Waals surface area contributed by atoms with Gasteiger partial charge in [0.15, 0.2) is 12.8 Å². The van der Waals surface area contributed by atoms with Gasteiger partial charge in [-0.2, -0.15) is 5.10 Å². The summed E-state index contributed by atoms with van der Waals surface area (Å²) in [5.74, 6) is 0. The zero-order chi connectivity index (χ0) is 28.3. The Balaban J connectivity index is 0.000000444. The lowest BCUT2D eigenvalue weighted by Gasteiger charge is -1.54. The number of oxazole rings is 2. The summed E-state index contributed by atoms with van der Waals surface area (Å²) in [6.45, 7) is 0. The van der Waals surface area contributed by atoms with Crippen molar-refractivity contribution in [1.82, 2.24) is 45.1 Å². The van der Waals surface area contributed by atoms with Gasteiger partial charge in [-0.1, -0.05) is 13.5 Å². The van der Waals surface area contributed by atoms with E-state index in [1.54, 1.807) is 81.0 Å². The Morgan fingerprint density at radius 1 is 0.537 bits per heavy atom. The molecule has 216 valence electrons. The number of aromatic amines is 4. The summed E-state index contributed by atoms with van der Waals surface area (Å²) in [6, 6.07) is 9.39. The minimum atomic E-state index is 0. The van der Waals surface area contributed by atoms with Crippen LogP contribution >= 0.6 is 0 Å². The van der Waals surface area contributed by atoms with E-state index in [1.807, 2.05) is 55.0 Å². The molecule has 7 aromatic rings. The standard InChI is InChI=1S/2C4H5N.C4H4O.3C3H4N2.2C3H3NO.CH4/c3*1-2-4-5-3-1;2*1-2-5-3-4-1;1-2-4-5-3-1;2*1-2-5-3-4-1;/h1,3-4H,2H2;1-5H;1-4H;3*1-3H,(H,4,5);2*1-3H;1H4. The minimum absolute atomic E-state index is 0. The molecule has 13 heteroatoms. The Morgan fingerprint density at radius 2 is 1.17 bits per heavy atom. The Hall–Kier alpha value is -5.98. The lowest BCUT2D eigenvalue weighted by Crippen LogP contribution is -1.53. The van der Waals surface area contributed by atoms with Crippen molar-refractivity contribution in [2.24, 2.45) is 4.99 Å². The van der Waals surface area contributed by atoms with Crippen molar-refractivity contribution in [2.75, 3.05) is 0 Å². The predicted octanol–water partition coefficient (Wildman–Crippen LogP) is 6.48. The Bertz CT molecular complexity index is 860. The first-order chi connectivity index (χ1) is 20.0. The van der Waals surface area contributed by atoms with Gasteiger partial charge in [-0.3, -0.25) is 10.1 Å². The molecule has 0 bridgehead atoms. The number of hydrogen-bond donors (Lipinski definition) is 4. The van der Waals surface area contributed by atoms with E-state index in [1.165, 1.54) is 25.3 Å². The molecule has 0 radical (unpaired) electrons. The molecule has 1 aliphatic rings. The van der Waals surface area contributed by atoms with Gasteiger partial charge < -0.3 is 28.2 Å². The molecule has 0 unspecified atom stereocenters. The average molecular weight is 561 g/mol. The maximum Gasteiger partial charge on any atom is 0.180 e. The number of allylic oxidation sites excluding steroid dienone is 1. The topological polar surface area (TPSA) is 179 Å². The number of nitrogens with one attached hydrogen (secondary N) is 4. The summed E-state index contributed by atoms with van der Waals surface area (Å²) >= 11 is 0. The molecule has 0 aromatic carbocycles. The summed E-state index contributed by atoms with van der Waals surface area (Å²) in [6.07, 6.45) is 36.3. The van der Waals surface area contributed by atoms with E-state index in [9.17, 15) is 0 Å². The molecule has 13 nitrogen and oxygen atoms in total. The molecule has 4 N–H and O–H groups in total. The van der Waals surface area contributed by atoms with Gasteiger partial charge in [0.05, 0.1) is 37.6 Å². The second kappa shape index (κ2) is 32.0. The minimum Gasteiger partial charge on any atom is -0.473 e. The van der Waals surface area contributed by atoms with Crippen molar-refractivity contribution in [1.29, 1.82) is 0 Å². The zero-order valence-electron chi connectivity index (χ0n) is 21.6. The highest BCUT2D eigenvalue weighted by molar-refractivity contribution is 5.62. The third kappa shape index (κ3) is 30.1. The molecule has 8 heterocycles. The Kier molecular flexibility index (Phi) is 27.4. The molecule has 0 aliphatic carbocycles. The van der Waals surface area contributed by atoms with Gasteiger partial charge in [-0.15, -0.1) is 0 Å². The number of imidazole rings is 2. The van der Waals surface area contributed by atoms with E-state index in [2.05, 4.69) is 63.3 Å². The predicted molar refractivity (Wildman–Crippen MR) is 157 cm³/mol. The number of rotatable bonds is 0. The molecular formula is C28H36N10O3. The first kappa shape index (κ1) is 35.0. The van der Waals surface area contributed by atoms with Crippen LogP contribution < -0.4 is 0 Å². The second-order valence-electron chi connectivity index (χ2n) is 6.27. The fourth-order valence-corrected chi connectivity index (χ4v) is 1.81. The van der Waals surface area contributed by atoms with Gasteiger partial charge in [0.25, 0.3) is 0 Å². The lowest BCUT2D eigenvalue weighted by atomic mass is 10.5. The van der Waals surface area contributed by atoms with Crippen LogP contribution in [0.4, 0.5) is 0 Å². The van der Waals surface area contributed by atoms with Crippen molar-refractivity contribution in [3.05, 3.63) is 155 Å². The van der Waals surface area contributed by atoms with Crippen LogP contribution in [0.15, 0.2) is 173 Å². The van der Waals surface area contributed by atoms with Crippen LogP contribution in [0.1, 0.15) is 13.8 Å². The summed E-state index contributed by atoms with van der Waals surface area (Å²) in [5, 5.41) is 6.21. The van der Waals surface area contributed by atoms with Crippen molar-refractivity contribution in [2.45, 2.75) is 13.8 Å². The molecule has 0 spiro atoms. The summed E-state index contributed by atoms with van der Waals surface area (Å²) in [4.78, 5) is 26.6. The third-order valence-electron chi connectivity index (χ3n) is 3.37. The van der Waals surface area contributed by atoms with Crippen LogP contribution in [0.5, 0.6) is 0 Å². The fourth-order valence-electron chi connectivity index (χ4n) is 1.81. The molecule has 1 aliphatic heterocycles. The number of furan rings is 1. The highest BCUT2D eigenvalue weighted by Crippen LogP contribution is 1.86. The molecular weight excluding hydrogens is 524 g/mol. The monoisotopic (exact) mass is 560 g/mol. The molecule has 0 saturated carbocycles. The van der Waals surface area contributed by atoms with Gasteiger partial charge in [-0.25, -0.2) is 19.9 Å². The van der Waals surface area contributed by atoms with Gasteiger partial charge in [0, 0.05) is 68.4 Å². The summed E-state index contributed by atoms with van der Waals surface area (Å²) in [7, 11) is 0. The van der Waals surface area contributed by atoms with Gasteiger partial charge in [0.2, 0.25) is 0 Å². The van der Waals surface area contributed by atoms with E-state index in [0.29, 0.717) is 0 Å². The number of hydrogen-bond acceptors (Lipinski definition) is 9. The number of nitrogens with zero attached hydrogens (tertiary/aromatic N) is 6. The molecule has 7 aromatic heterocycles. The fraction of sp³-hybridized carbons (Fsp3) is 0.0714. The molecule has 0 atom stereocenters. The van der Waals surface area contributed by atoms with Crippen LogP contribution in [-0.4, -0.2) is 51.3 Å². The van der Waals surface area contributed by atoms with Crippen LogP contribution in [0.3, 0.4) is 0 Å².